The lowest BCUT2D eigenvalue weighted by molar-refractivity contribution is -0.117. The maximum absolute atomic E-state index is 11.7. The first-order valence-electron chi connectivity index (χ1n) is 4.88. The van der Waals surface area contributed by atoms with Crippen molar-refractivity contribution in [1.82, 2.24) is 0 Å². The van der Waals surface area contributed by atoms with Crippen molar-refractivity contribution in [2.24, 2.45) is 5.92 Å². The third kappa shape index (κ3) is 1.59. The summed E-state index contributed by atoms with van der Waals surface area (Å²) in [5, 5.41) is 0. The Balaban J connectivity index is 2.35. The van der Waals surface area contributed by atoms with Crippen molar-refractivity contribution in [3.8, 4) is 0 Å². The first-order valence-corrected chi connectivity index (χ1v) is 5.67. The lowest BCUT2D eigenvalue weighted by atomic mass is 9.77. The van der Waals surface area contributed by atoms with Crippen LogP contribution in [0.1, 0.15) is 19.3 Å². The van der Waals surface area contributed by atoms with Gasteiger partial charge in [-0.05, 0) is 18.9 Å². The van der Waals surface area contributed by atoms with Gasteiger partial charge in [0.15, 0.2) is 5.78 Å². The highest BCUT2D eigenvalue weighted by Gasteiger charge is 2.34. The van der Waals surface area contributed by atoms with Crippen LogP contribution < -0.4 is 0 Å². The normalized spacial score (nSPS) is 32.0. The molecule has 2 unspecified atom stereocenters. The van der Waals surface area contributed by atoms with Gasteiger partial charge in [-0.25, -0.2) is 0 Å². The number of Topliss-reactive ketones (excluding diaryl/α,β-unsaturated/α-hetero) is 1. The molecule has 0 amide bonds. The standard InChI is InChI=1S/C11H13BrO2/c1-14-10-6-5-8(12)11-7(10)3-2-4-9(11)13/h5-7,10H,2-4H2,1H3. The molecule has 0 bridgehead atoms. The van der Waals surface area contributed by atoms with Crippen LogP contribution in [0.2, 0.25) is 0 Å². The van der Waals surface area contributed by atoms with Crippen molar-refractivity contribution in [2.75, 3.05) is 7.11 Å². The van der Waals surface area contributed by atoms with Crippen molar-refractivity contribution < 1.29 is 9.53 Å². The third-order valence-corrected chi connectivity index (χ3v) is 3.64. The highest BCUT2D eigenvalue weighted by atomic mass is 79.9. The molecule has 2 rings (SSSR count). The summed E-state index contributed by atoms with van der Waals surface area (Å²) in [5.74, 6) is 0.542. The van der Waals surface area contributed by atoms with Crippen molar-refractivity contribution in [1.29, 1.82) is 0 Å². The van der Waals surface area contributed by atoms with Gasteiger partial charge in [-0.3, -0.25) is 4.79 Å². The van der Waals surface area contributed by atoms with Crippen LogP contribution in [0.3, 0.4) is 0 Å². The average Bonchev–Trinajstić information content (AvgIpc) is 2.18. The summed E-state index contributed by atoms with van der Waals surface area (Å²) in [6, 6.07) is 0. The van der Waals surface area contributed by atoms with Crippen molar-refractivity contribution in [3.63, 3.8) is 0 Å². The number of allylic oxidation sites excluding steroid dienone is 2. The van der Waals surface area contributed by atoms with Crippen LogP contribution in [0.4, 0.5) is 0 Å². The zero-order valence-electron chi connectivity index (χ0n) is 8.13. The average molecular weight is 257 g/mol. The molecule has 2 aliphatic carbocycles. The molecule has 2 aliphatic rings. The van der Waals surface area contributed by atoms with Crippen LogP contribution in [0, 0.1) is 5.92 Å². The van der Waals surface area contributed by atoms with Gasteiger partial charge in [-0.2, -0.15) is 0 Å². The van der Waals surface area contributed by atoms with Crippen molar-refractivity contribution >= 4 is 21.7 Å². The Hall–Kier alpha value is -0.410. The van der Waals surface area contributed by atoms with E-state index >= 15 is 0 Å². The van der Waals surface area contributed by atoms with Gasteiger partial charge in [0.05, 0.1) is 6.10 Å². The first kappa shape index (κ1) is 10.1. The van der Waals surface area contributed by atoms with Crippen molar-refractivity contribution in [3.05, 3.63) is 22.2 Å². The summed E-state index contributed by atoms with van der Waals surface area (Å²) < 4.78 is 6.31. The van der Waals surface area contributed by atoms with E-state index in [1.54, 1.807) is 7.11 Å². The number of halogens is 1. The monoisotopic (exact) mass is 256 g/mol. The Morgan fingerprint density at radius 2 is 2.36 bits per heavy atom. The Morgan fingerprint density at radius 1 is 1.57 bits per heavy atom. The predicted octanol–water partition coefficient (Wildman–Crippen LogP) is 2.59. The molecule has 0 aromatic heterocycles. The van der Waals surface area contributed by atoms with Crippen LogP contribution in [0.5, 0.6) is 0 Å². The van der Waals surface area contributed by atoms with Gasteiger partial charge in [0.25, 0.3) is 0 Å². The first-order chi connectivity index (χ1) is 6.74. The molecule has 76 valence electrons. The molecular formula is C11H13BrO2. The molecule has 1 saturated carbocycles. The molecule has 0 spiro atoms. The molecule has 0 heterocycles. The second-order valence-electron chi connectivity index (χ2n) is 3.74. The number of hydrogen-bond donors (Lipinski definition) is 0. The van der Waals surface area contributed by atoms with E-state index in [1.807, 2.05) is 12.2 Å². The number of methoxy groups -OCH3 is 1. The van der Waals surface area contributed by atoms with E-state index in [2.05, 4.69) is 15.9 Å². The Bertz CT molecular complexity index is 317. The van der Waals surface area contributed by atoms with Crippen molar-refractivity contribution in [2.45, 2.75) is 25.4 Å². The summed E-state index contributed by atoms with van der Waals surface area (Å²) in [7, 11) is 1.70. The van der Waals surface area contributed by atoms with E-state index in [0.717, 1.165) is 22.9 Å². The van der Waals surface area contributed by atoms with E-state index < -0.39 is 0 Å². The fraction of sp³-hybridized carbons (Fsp3) is 0.545. The number of hydrogen-bond acceptors (Lipinski definition) is 2. The number of carbonyl (C=O) groups excluding carboxylic acids is 1. The highest BCUT2D eigenvalue weighted by Crippen LogP contribution is 2.38. The molecule has 3 heteroatoms. The van der Waals surface area contributed by atoms with Crippen LogP contribution in [0.15, 0.2) is 22.2 Å². The van der Waals surface area contributed by atoms with Gasteiger partial charge < -0.3 is 4.74 Å². The SMILES string of the molecule is COC1C=CC(Br)=C2C(=O)CCCC21. The number of ether oxygens (including phenoxy) is 1. The molecule has 0 aliphatic heterocycles. The second-order valence-corrected chi connectivity index (χ2v) is 4.60. The van der Waals surface area contributed by atoms with E-state index in [4.69, 9.17) is 4.74 Å². The molecule has 0 radical (unpaired) electrons. The molecule has 0 saturated heterocycles. The largest absolute Gasteiger partial charge is 0.377 e. The lowest BCUT2D eigenvalue weighted by Gasteiger charge is -2.32. The molecule has 14 heavy (non-hydrogen) atoms. The number of fused-ring (bicyclic) bond motifs is 1. The molecule has 2 atom stereocenters. The number of rotatable bonds is 1. The molecule has 0 aromatic carbocycles. The van der Waals surface area contributed by atoms with Crippen LogP contribution >= 0.6 is 15.9 Å². The van der Waals surface area contributed by atoms with Crippen LogP contribution in [0.25, 0.3) is 0 Å². The number of ketones is 1. The third-order valence-electron chi connectivity index (χ3n) is 2.95. The number of carbonyl (C=O) groups is 1. The summed E-state index contributed by atoms with van der Waals surface area (Å²) >= 11 is 3.44. The minimum Gasteiger partial charge on any atom is -0.377 e. The van der Waals surface area contributed by atoms with Gasteiger partial charge in [0.1, 0.15) is 0 Å². The Morgan fingerprint density at radius 3 is 3.07 bits per heavy atom. The Kier molecular flexibility index (Phi) is 2.88. The quantitative estimate of drug-likeness (QED) is 0.721. The molecule has 2 nitrogen and oxygen atoms in total. The zero-order valence-corrected chi connectivity index (χ0v) is 9.71. The van der Waals surface area contributed by atoms with E-state index in [-0.39, 0.29) is 17.8 Å². The van der Waals surface area contributed by atoms with Gasteiger partial charge in [0.2, 0.25) is 0 Å². The minimum atomic E-state index is 0.0792. The van der Waals surface area contributed by atoms with E-state index in [1.165, 1.54) is 0 Å². The lowest BCUT2D eigenvalue weighted by Crippen LogP contribution is -2.32. The van der Waals surface area contributed by atoms with Gasteiger partial charge in [-0.15, -0.1) is 0 Å². The summed E-state index contributed by atoms with van der Waals surface area (Å²) in [4.78, 5) is 11.7. The van der Waals surface area contributed by atoms with Crippen LogP contribution in [-0.2, 0) is 9.53 Å². The summed E-state index contributed by atoms with van der Waals surface area (Å²) in [5.41, 5.74) is 0.936. The van der Waals surface area contributed by atoms with Crippen LogP contribution in [-0.4, -0.2) is 19.0 Å². The predicted molar refractivity (Wildman–Crippen MR) is 58.2 cm³/mol. The minimum absolute atomic E-state index is 0.0792. The maximum Gasteiger partial charge on any atom is 0.160 e. The molecule has 0 aromatic rings. The summed E-state index contributed by atoms with van der Waals surface area (Å²) in [6.07, 6.45) is 6.77. The van der Waals surface area contributed by atoms with Gasteiger partial charge in [-0.1, -0.05) is 22.0 Å². The Labute approximate surface area is 92.1 Å². The summed E-state index contributed by atoms with van der Waals surface area (Å²) in [6.45, 7) is 0. The fourth-order valence-electron chi connectivity index (χ4n) is 2.25. The fourth-order valence-corrected chi connectivity index (χ4v) is 2.92. The second kappa shape index (κ2) is 3.99. The molecular weight excluding hydrogens is 244 g/mol. The van der Waals surface area contributed by atoms with Gasteiger partial charge in [0, 0.05) is 29.5 Å². The van der Waals surface area contributed by atoms with E-state index in [0.29, 0.717) is 6.42 Å². The highest BCUT2D eigenvalue weighted by molar-refractivity contribution is 9.12. The molecule has 0 N–H and O–H groups in total. The zero-order chi connectivity index (χ0) is 10.1. The maximum atomic E-state index is 11.7. The topological polar surface area (TPSA) is 26.3 Å². The van der Waals surface area contributed by atoms with E-state index in [9.17, 15) is 4.79 Å². The van der Waals surface area contributed by atoms with Gasteiger partial charge >= 0.3 is 0 Å². The smallest absolute Gasteiger partial charge is 0.160 e. The molecule has 1 fully saturated rings.